The largest absolute Gasteiger partial charge is 0.308 e. The Kier molecular flexibility index (Phi) is 5.39. The van der Waals surface area contributed by atoms with Gasteiger partial charge in [-0.05, 0) is 30.9 Å². The molecule has 0 saturated carbocycles. The molecule has 3 saturated heterocycles. The average Bonchev–Trinajstić information content (AvgIpc) is 2.85. The first-order valence-corrected chi connectivity index (χ1v) is 8.46. The molecule has 4 rings (SSSR count). The number of nitrogens with zero attached hydrogens (tertiary/aromatic N) is 3. The van der Waals surface area contributed by atoms with Gasteiger partial charge in [0.25, 0.3) is 0 Å². The number of hydrogen-bond donors (Lipinski definition) is 0. The second-order valence-electron chi connectivity index (χ2n) is 6.92. The summed E-state index contributed by atoms with van der Waals surface area (Å²) in [4.78, 5) is 8.66. The van der Waals surface area contributed by atoms with Gasteiger partial charge in [-0.1, -0.05) is 6.07 Å². The Bertz CT molecular complexity index is 526. The zero-order valence-electron chi connectivity index (χ0n) is 13.6. The minimum atomic E-state index is -3.89. The number of piperidine rings is 1. The molecule has 0 amide bonds. The second-order valence-corrected chi connectivity index (χ2v) is 6.92. The quantitative estimate of drug-likeness (QED) is 0.738. The highest BCUT2D eigenvalue weighted by molar-refractivity contribution is 5.04. The van der Waals surface area contributed by atoms with Crippen LogP contribution in [0.2, 0.25) is 0 Å². The summed E-state index contributed by atoms with van der Waals surface area (Å²) in [5, 5.41) is 0. The van der Waals surface area contributed by atoms with Crippen LogP contribution in [0, 0.1) is 5.92 Å². The molecule has 3 fully saturated rings. The van der Waals surface area contributed by atoms with Crippen LogP contribution in [0.25, 0.3) is 0 Å². The summed E-state index contributed by atoms with van der Waals surface area (Å²) in [6, 6.07) is 6.10. The molecule has 0 N–H and O–H groups in total. The Morgan fingerprint density at radius 2 is 2.00 bits per heavy atom. The Morgan fingerprint density at radius 1 is 1.17 bits per heavy atom. The van der Waals surface area contributed by atoms with E-state index in [1.165, 1.54) is 0 Å². The van der Waals surface area contributed by atoms with Crippen molar-refractivity contribution >= 4 is 0 Å². The third-order valence-electron chi connectivity index (χ3n) is 5.07. The van der Waals surface area contributed by atoms with Gasteiger partial charge in [0.15, 0.2) is 0 Å². The number of halogens is 4. The summed E-state index contributed by atoms with van der Waals surface area (Å²) in [6.45, 7) is 3.09. The summed E-state index contributed by atoms with van der Waals surface area (Å²) in [5.74, 6) is -3.48. The minimum Gasteiger partial charge on any atom is -0.301 e. The molecule has 4 heterocycles. The normalized spacial score (nSPS) is 26.0. The molecule has 0 aromatic carbocycles. The Balaban J connectivity index is 1.59. The van der Waals surface area contributed by atoms with Gasteiger partial charge in [-0.2, -0.15) is 0 Å². The van der Waals surface area contributed by atoms with E-state index in [0.29, 0.717) is 19.0 Å². The van der Waals surface area contributed by atoms with Gasteiger partial charge < -0.3 is 4.90 Å². The van der Waals surface area contributed by atoms with Crippen molar-refractivity contribution in [3.05, 3.63) is 30.1 Å². The Morgan fingerprint density at radius 3 is 2.71 bits per heavy atom. The zero-order chi connectivity index (χ0) is 17.2. The number of pyridine rings is 1. The number of fused-ring (bicyclic) bond motifs is 4. The fourth-order valence-corrected chi connectivity index (χ4v) is 3.77. The first-order valence-electron chi connectivity index (χ1n) is 8.46. The van der Waals surface area contributed by atoms with E-state index in [0.717, 1.165) is 31.6 Å². The lowest BCUT2D eigenvalue weighted by molar-refractivity contribution is -0.135. The fraction of sp³-hybridized carbons (Fsp3) is 0.706. The fourth-order valence-electron chi connectivity index (χ4n) is 3.77. The van der Waals surface area contributed by atoms with Crippen molar-refractivity contribution in [3.8, 4) is 0 Å². The van der Waals surface area contributed by atoms with Gasteiger partial charge in [0.2, 0.25) is 0 Å². The van der Waals surface area contributed by atoms with Gasteiger partial charge in [0.05, 0.1) is 5.69 Å². The molecule has 2 atom stereocenters. The average molecular weight is 345 g/mol. The Hall–Kier alpha value is -1.21. The van der Waals surface area contributed by atoms with Crippen LogP contribution in [0.15, 0.2) is 24.4 Å². The van der Waals surface area contributed by atoms with Crippen LogP contribution in [0.4, 0.5) is 17.6 Å². The van der Waals surface area contributed by atoms with E-state index in [1.807, 2.05) is 23.1 Å². The highest BCUT2D eigenvalue weighted by Gasteiger charge is 2.41. The summed E-state index contributed by atoms with van der Waals surface area (Å²) in [5.41, 5.74) is 1.00. The molecule has 134 valence electrons. The van der Waals surface area contributed by atoms with Gasteiger partial charge in [-0.3, -0.25) is 9.88 Å². The molecule has 7 heteroatoms. The van der Waals surface area contributed by atoms with Crippen molar-refractivity contribution in [2.45, 2.75) is 44.2 Å². The smallest absolute Gasteiger partial charge is 0.301 e. The van der Waals surface area contributed by atoms with E-state index in [-0.39, 0.29) is 12.6 Å². The van der Waals surface area contributed by atoms with Crippen LogP contribution in [0.5, 0.6) is 0 Å². The van der Waals surface area contributed by atoms with Crippen LogP contribution in [-0.2, 0) is 6.54 Å². The van der Waals surface area contributed by atoms with Crippen molar-refractivity contribution in [1.82, 2.24) is 14.8 Å². The monoisotopic (exact) mass is 345 g/mol. The van der Waals surface area contributed by atoms with E-state index in [9.17, 15) is 17.6 Å². The van der Waals surface area contributed by atoms with Gasteiger partial charge in [0.1, 0.15) is 0 Å². The number of rotatable bonds is 6. The van der Waals surface area contributed by atoms with E-state index < -0.39 is 18.8 Å². The molecular weight excluding hydrogens is 322 g/mol. The molecule has 0 aliphatic carbocycles. The molecular formula is C17H23F4N3. The summed E-state index contributed by atoms with van der Waals surface area (Å²) >= 11 is 0. The maximum Gasteiger partial charge on any atom is 0.308 e. The standard InChI is InChI=1S/C17H23F4N3/c18-16(19)17(20,21)6-8-23-9-13-4-5-15(12-23)24(10-13)11-14-3-1-2-7-22-14/h1-3,7,13,15-16H,4-6,8-12H2/t13-,15+/m1/s1. The summed E-state index contributed by atoms with van der Waals surface area (Å²) < 4.78 is 51.0. The molecule has 3 aliphatic rings. The zero-order valence-corrected chi connectivity index (χ0v) is 13.6. The molecule has 1 aromatic rings. The highest BCUT2D eigenvalue weighted by atomic mass is 19.3. The molecule has 3 nitrogen and oxygen atoms in total. The van der Waals surface area contributed by atoms with E-state index >= 15 is 0 Å². The van der Waals surface area contributed by atoms with Gasteiger partial charge in [-0.15, -0.1) is 0 Å². The number of hydrogen-bond acceptors (Lipinski definition) is 3. The maximum absolute atomic E-state index is 13.2. The van der Waals surface area contributed by atoms with Crippen molar-refractivity contribution < 1.29 is 17.6 Å². The first-order chi connectivity index (χ1) is 11.4. The topological polar surface area (TPSA) is 19.4 Å². The SMILES string of the molecule is FC(F)C(F)(F)CCN1C[C@H]2CC[C@@H](C1)N(Cc1ccccn1)C2. The molecule has 0 radical (unpaired) electrons. The van der Waals surface area contributed by atoms with Gasteiger partial charge in [-0.25, -0.2) is 17.6 Å². The van der Waals surface area contributed by atoms with Crippen molar-refractivity contribution in [2.75, 3.05) is 26.2 Å². The lowest BCUT2D eigenvalue weighted by atomic mass is 9.95. The highest BCUT2D eigenvalue weighted by Crippen LogP contribution is 2.31. The molecule has 0 unspecified atom stereocenters. The van der Waals surface area contributed by atoms with E-state index in [1.54, 1.807) is 6.20 Å². The second kappa shape index (κ2) is 7.35. The van der Waals surface area contributed by atoms with Crippen LogP contribution in [-0.4, -0.2) is 59.4 Å². The van der Waals surface area contributed by atoms with Crippen molar-refractivity contribution in [3.63, 3.8) is 0 Å². The molecule has 24 heavy (non-hydrogen) atoms. The lowest BCUT2D eigenvalue weighted by Crippen LogP contribution is -2.43. The van der Waals surface area contributed by atoms with Crippen molar-refractivity contribution in [1.29, 1.82) is 0 Å². The molecule has 1 aromatic heterocycles. The van der Waals surface area contributed by atoms with E-state index in [4.69, 9.17) is 0 Å². The van der Waals surface area contributed by atoms with Crippen LogP contribution < -0.4 is 0 Å². The predicted octanol–water partition coefficient (Wildman–Crippen LogP) is 3.27. The predicted molar refractivity (Wildman–Crippen MR) is 83.2 cm³/mol. The molecule has 3 aliphatic heterocycles. The molecule has 2 bridgehead atoms. The van der Waals surface area contributed by atoms with Crippen LogP contribution in [0.3, 0.4) is 0 Å². The van der Waals surface area contributed by atoms with Gasteiger partial charge in [0, 0.05) is 51.4 Å². The van der Waals surface area contributed by atoms with E-state index in [2.05, 4.69) is 9.88 Å². The van der Waals surface area contributed by atoms with Crippen LogP contribution in [0.1, 0.15) is 25.0 Å². The first kappa shape index (κ1) is 17.6. The lowest BCUT2D eigenvalue weighted by Gasteiger charge is -2.35. The third kappa shape index (κ3) is 4.25. The Labute approximate surface area is 139 Å². The number of aromatic nitrogens is 1. The van der Waals surface area contributed by atoms with Crippen molar-refractivity contribution in [2.24, 2.45) is 5.92 Å². The van der Waals surface area contributed by atoms with Crippen LogP contribution >= 0.6 is 0 Å². The summed E-state index contributed by atoms with van der Waals surface area (Å²) in [6.07, 6.45) is -0.486. The van der Waals surface area contributed by atoms with Gasteiger partial charge >= 0.3 is 12.3 Å². The minimum absolute atomic E-state index is 0.0295. The molecule has 0 spiro atoms. The number of alkyl halides is 4. The third-order valence-corrected chi connectivity index (χ3v) is 5.07. The summed E-state index contributed by atoms with van der Waals surface area (Å²) in [7, 11) is 0. The maximum atomic E-state index is 13.2.